The third-order valence-electron chi connectivity index (χ3n) is 4.21. The van der Waals surface area contributed by atoms with E-state index in [1.54, 1.807) is 12.4 Å². The van der Waals surface area contributed by atoms with Gasteiger partial charge in [0.15, 0.2) is 0 Å². The Morgan fingerprint density at radius 1 is 1.07 bits per heavy atom. The van der Waals surface area contributed by atoms with Gasteiger partial charge in [-0.25, -0.2) is 9.78 Å². The van der Waals surface area contributed by atoms with E-state index in [0.29, 0.717) is 11.6 Å². The molecule has 0 bridgehead atoms. The predicted octanol–water partition coefficient (Wildman–Crippen LogP) is 4.78. The highest BCUT2D eigenvalue weighted by molar-refractivity contribution is 5.98. The Bertz CT molecular complexity index is 1080. The molecule has 0 aliphatic carbocycles. The van der Waals surface area contributed by atoms with Gasteiger partial charge in [0.05, 0.1) is 16.7 Å². The zero-order valence-corrected chi connectivity index (χ0v) is 15.0. The highest BCUT2D eigenvalue weighted by Gasteiger charge is 2.11. The number of nitrogens with zero attached hydrogens (tertiary/aromatic N) is 3. The highest BCUT2D eigenvalue weighted by atomic mass is 16.5. The van der Waals surface area contributed by atoms with E-state index in [1.165, 1.54) is 0 Å². The van der Waals surface area contributed by atoms with Crippen molar-refractivity contribution in [2.45, 2.75) is 19.8 Å². The minimum atomic E-state index is -0.387. The fourth-order valence-electron chi connectivity index (χ4n) is 2.76. The first-order valence-electron chi connectivity index (χ1n) is 8.67. The summed E-state index contributed by atoms with van der Waals surface area (Å²) in [6.07, 6.45) is 1.79. The van der Waals surface area contributed by atoms with Gasteiger partial charge in [-0.05, 0) is 42.3 Å². The first-order chi connectivity index (χ1) is 13.1. The molecule has 136 valence electrons. The zero-order chi connectivity index (χ0) is 18.8. The number of anilines is 2. The van der Waals surface area contributed by atoms with Gasteiger partial charge in [0.2, 0.25) is 5.88 Å². The summed E-state index contributed by atoms with van der Waals surface area (Å²) in [5.41, 5.74) is 4.40. The van der Waals surface area contributed by atoms with Crippen LogP contribution >= 0.6 is 0 Å². The maximum absolute atomic E-state index is 12.1. The van der Waals surface area contributed by atoms with E-state index in [-0.39, 0.29) is 11.9 Å². The molecule has 0 spiro atoms. The lowest BCUT2D eigenvalue weighted by Gasteiger charge is -2.08. The van der Waals surface area contributed by atoms with E-state index < -0.39 is 0 Å². The SMILES string of the molecule is CC(C)c1cc(NC(=O)Nc2ccc(-n3cnc4ccccc43)cc2)on1. The molecule has 0 atom stereocenters. The van der Waals surface area contributed by atoms with Gasteiger partial charge in [0.1, 0.15) is 6.33 Å². The van der Waals surface area contributed by atoms with Crippen LogP contribution in [0.3, 0.4) is 0 Å². The zero-order valence-electron chi connectivity index (χ0n) is 15.0. The van der Waals surface area contributed by atoms with Gasteiger partial charge in [-0.1, -0.05) is 31.1 Å². The van der Waals surface area contributed by atoms with E-state index in [4.69, 9.17) is 4.52 Å². The Hall–Kier alpha value is -3.61. The van der Waals surface area contributed by atoms with Gasteiger partial charge in [0, 0.05) is 17.4 Å². The third kappa shape index (κ3) is 3.52. The molecule has 0 unspecified atom stereocenters. The van der Waals surface area contributed by atoms with Crippen LogP contribution in [-0.2, 0) is 0 Å². The Morgan fingerprint density at radius 3 is 2.59 bits per heavy atom. The molecule has 7 heteroatoms. The fourth-order valence-corrected chi connectivity index (χ4v) is 2.76. The summed E-state index contributed by atoms with van der Waals surface area (Å²) in [7, 11) is 0. The van der Waals surface area contributed by atoms with Crippen LogP contribution in [0.1, 0.15) is 25.5 Å². The van der Waals surface area contributed by atoms with E-state index in [9.17, 15) is 4.79 Å². The Kier molecular flexibility index (Phi) is 4.33. The summed E-state index contributed by atoms with van der Waals surface area (Å²) in [5.74, 6) is 0.553. The Balaban J connectivity index is 1.45. The fraction of sp³-hybridized carbons (Fsp3) is 0.150. The lowest BCUT2D eigenvalue weighted by atomic mass is 10.1. The van der Waals surface area contributed by atoms with Crippen molar-refractivity contribution in [3.63, 3.8) is 0 Å². The van der Waals surface area contributed by atoms with Crippen LogP contribution in [-0.4, -0.2) is 20.7 Å². The Labute approximate surface area is 156 Å². The monoisotopic (exact) mass is 361 g/mol. The van der Waals surface area contributed by atoms with Crippen molar-refractivity contribution in [2.75, 3.05) is 10.6 Å². The van der Waals surface area contributed by atoms with Crippen molar-refractivity contribution in [1.82, 2.24) is 14.7 Å². The van der Waals surface area contributed by atoms with Crippen LogP contribution in [0.4, 0.5) is 16.4 Å². The molecule has 7 nitrogen and oxygen atoms in total. The lowest BCUT2D eigenvalue weighted by Crippen LogP contribution is -2.19. The van der Waals surface area contributed by atoms with Gasteiger partial charge in [0.25, 0.3) is 0 Å². The molecule has 2 aromatic heterocycles. The van der Waals surface area contributed by atoms with Gasteiger partial charge in [-0.3, -0.25) is 9.88 Å². The van der Waals surface area contributed by atoms with Crippen LogP contribution < -0.4 is 10.6 Å². The summed E-state index contributed by atoms with van der Waals surface area (Å²) >= 11 is 0. The number of hydrogen-bond acceptors (Lipinski definition) is 4. The summed E-state index contributed by atoms with van der Waals surface area (Å²) in [4.78, 5) is 16.5. The second-order valence-corrected chi connectivity index (χ2v) is 6.50. The average molecular weight is 361 g/mol. The van der Waals surface area contributed by atoms with Crippen LogP contribution in [0.5, 0.6) is 0 Å². The summed E-state index contributed by atoms with van der Waals surface area (Å²) in [6, 6.07) is 16.8. The molecule has 4 rings (SSSR count). The lowest BCUT2D eigenvalue weighted by molar-refractivity contribution is 0.261. The van der Waals surface area contributed by atoms with Crippen molar-refractivity contribution in [3.05, 3.63) is 66.6 Å². The molecule has 0 fully saturated rings. The number of rotatable bonds is 4. The number of urea groups is 1. The van der Waals surface area contributed by atoms with Crippen molar-refractivity contribution >= 4 is 28.6 Å². The number of para-hydroxylation sites is 2. The Morgan fingerprint density at radius 2 is 1.85 bits per heavy atom. The van der Waals surface area contributed by atoms with Crippen molar-refractivity contribution < 1.29 is 9.32 Å². The second-order valence-electron chi connectivity index (χ2n) is 6.50. The van der Waals surface area contributed by atoms with Crippen LogP contribution in [0, 0.1) is 0 Å². The van der Waals surface area contributed by atoms with E-state index in [2.05, 4.69) is 20.8 Å². The summed E-state index contributed by atoms with van der Waals surface area (Å²) in [6.45, 7) is 4.01. The molecule has 2 N–H and O–H groups in total. The van der Waals surface area contributed by atoms with Gasteiger partial charge < -0.3 is 9.84 Å². The number of carbonyl (C=O) groups excluding carboxylic acids is 1. The topological polar surface area (TPSA) is 85.0 Å². The number of benzene rings is 2. The van der Waals surface area contributed by atoms with Gasteiger partial charge in [-0.2, -0.15) is 0 Å². The molecule has 2 aromatic carbocycles. The van der Waals surface area contributed by atoms with Crippen LogP contribution in [0.15, 0.2) is 65.4 Å². The number of aromatic nitrogens is 3. The number of fused-ring (bicyclic) bond motifs is 1. The predicted molar refractivity (Wildman–Crippen MR) is 104 cm³/mol. The molecule has 0 saturated heterocycles. The summed E-state index contributed by atoms with van der Waals surface area (Å²) < 4.78 is 7.11. The molecular formula is C20H19N5O2. The molecule has 0 aliphatic heterocycles. The van der Waals surface area contributed by atoms with E-state index >= 15 is 0 Å². The first kappa shape index (κ1) is 16.8. The first-order valence-corrected chi connectivity index (χ1v) is 8.67. The standard InChI is InChI=1S/C20H19N5O2/c1-13(2)17-11-19(27-24-17)23-20(26)22-14-7-9-15(10-8-14)25-12-21-16-5-3-4-6-18(16)25/h3-13H,1-2H3,(H2,22,23,26). The maximum Gasteiger partial charge on any atom is 0.326 e. The molecule has 0 saturated carbocycles. The number of imidazole rings is 1. The molecule has 27 heavy (non-hydrogen) atoms. The average Bonchev–Trinajstić information content (AvgIpc) is 3.29. The third-order valence-corrected chi connectivity index (χ3v) is 4.21. The largest absolute Gasteiger partial charge is 0.338 e. The van der Waals surface area contributed by atoms with Gasteiger partial charge in [-0.15, -0.1) is 0 Å². The van der Waals surface area contributed by atoms with E-state index in [1.807, 2.05) is 66.9 Å². The number of nitrogens with one attached hydrogen (secondary N) is 2. The highest BCUT2D eigenvalue weighted by Crippen LogP contribution is 2.20. The van der Waals surface area contributed by atoms with Gasteiger partial charge >= 0.3 is 6.03 Å². The van der Waals surface area contributed by atoms with Crippen LogP contribution in [0.25, 0.3) is 16.7 Å². The van der Waals surface area contributed by atoms with Crippen LogP contribution in [0.2, 0.25) is 0 Å². The minimum absolute atomic E-state index is 0.235. The van der Waals surface area contributed by atoms with Crippen molar-refractivity contribution in [2.24, 2.45) is 0 Å². The molecule has 0 radical (unpaired) electrons. The molecular weight excluding hydrogens is 342 g/mol. The second kappa shape index (κ2) is 6.95. The molecule has 0 aliphatic rings. The number of carbonyl (C=O) groups is 1. The minimum Gasteiger partial charge on any atom is -0.338 e. The van der Waals surface area contributed by atoms with E-state index in [0.717, 1.165) is 22.4 Å². The normalized spacial score (nSPS) is 11.1. The quantitative estimate of drug-likeness (QED) is 0.548. The maximum atomic E-state index is 12.1. The van der Waals surface area contributed by atoms with Crippen molar-refractivity contribution in [1.29, 1.82) is 0 Å². The summed E-state index contributed by atoms with van der Waals surface area (Å²) in [5, 5.41) is 9.33. The van der Waals surface area contributed by atoms with Crippen molar-refractivity contribution in [3.8, 4) is 5.69 Å². The molecule has 4 aromatic rings. The smallest absolute Gasteiger partial charge is 0.326 e. The number of hydrogen-bond donors (Lipinski definition) is 2. The molecule has 2 amide bonds. The molecule has 2 heterocycles. The number of amides is 2.